The van der Waals surface area contributed by atoms with Gasteiger partial charge < -0.3 is 10.4 Å². The fourth-order valence-corrected chi connectivity index (χ4v) is 4.23. The van der Waals surface area contributed by atoms with Crippen LogP contribution in [0.2, 0.25) is 0 Å². The van der Waals surface area contributed by atoms with Crippen LogP contribution in [0.15, 0.2) is 0 Å². The Kier molecular flexibility index (Phi) is 4.53. The largest absolute Gasteiger partial charge is 0.388 e. The van der Waals surface area contributed by atoms with Gasteiger partial charge in [0.15, 0.2) is 0 Å². The van der Waals surface area contributed by atoms with Crippen molar-refractivity contribution in [2.75, 3.05) is 13.1 Å². The normalized spacial score (nSPS) is 43.7. The van der Waals surface area contributed by atoms with Crippen molar-refractivity contribution < 1.29 is 5.11 Å². The number of nitriles is 1. The first-order chi connectivity index (χ1) is 9.08. The highest BCUT2D eigenvalue weighted by Crippen LogP contribution is 2.51. The van der Waals surface area contributed by atoms with Crippen LogP contribution in [0.5, 0.6) is 0 Å². The van der Waals surface area contributed by atoms with Gasteiger partial charge in [0.1, 0.15) is 0 Å². The molecule has 2 unspecified atom stereocenters. The predicted octanol–water partition coefficient (Wildman–Crippen LogP) is 2.85. The molecule has 3 heteroatoms. The Morgan fingerprint density at radius 3 is 2.53 bits per heavy atom. The van der Waals surface area contributed by atoms with Gasteiger partial charge in [0.25, 0.3) is 0 Å². The summed E-state index contributed by atoms with van der Waals surface area (Å²) >= 11 is 0. The quantitative estimate of drug-likeness (QED) is 0.824. The van der Waals surface area contributed by atoms with Gasteiger partial charge in [-0.3, -0.25) is 0 Å². The van der Waals surface area contributed by atoms with Crippen LogP contribution in [0.1, 0.15) is 58.8 Å². The molecule has 1 aliphatic heterocycles. The SMILES string of the molecule is CCCC1CCC(C#N)(C2(O)CCNCC2C)CC1. The Hall–Kier alpha value is -0.590. The summed E-state index contributed by atoms with van der Waals surface area (Å²) in [6, 6.07) is 2.54. The molecule has 2 fully saturated rings. The Bertz CT molecular complexity index is 341. The third-order valence-electron chi connectivity index (χ3n) is 5.65. The van der Waals surface area contributed by atoms with E-state index in [0.29, 0.717) is 0 Å². The van der Waals surface area contributed by atoms with Crippen molar-refractivity contribution >= 4 is 0 Å². The Balaban J connectivity index is 2.13. The van der Waals surface area contributed by atoms with Crippen LogP contribution < -0.4 is 5.32 Å². The van der Waals surface area contributed by atoms with Gasteiger partial charge in [-0.1, -0.05) is 26.7 Å². The van der Waals surface area contributed by atoms with Gasteiger partial charge in [-0.2, -0.15) is 5.26 Å². The average Bonchev–Trinajstić information content (AvgIpc) is 2.43. The zero-order valence-electron chi connectivity index (χ0n) is 12.4. The monoisotopic (exact) mass is 264 g/mol. The summed E-state index contributed by atoms with van der Waals surface area (Å²) in [6.07, 6.45) is 7.23. The van der Waals surface area contributed by atoms with Crippen molar-refractivity contribution in [2.24, 2.45) is 17.3 Å². The summed E-state index contributed by atoms with van der Waals surface area (Å²) in [5.74, 6) is 0.940. The second-order valence-corrected chi connectivity index (χ2v) is 6.71. The fraction of sp³-hybridized carbons (Fsp3) is 0.938. The number of nitrogens with zero attached hydrogens (tertiary/aromatic N) is 1. The molecule has 0 spiro atoms. The van der Waals surface area contributed by atoms with Crippen LogP contribution in [0.4, 0.5) is 0 Å². The zero-order chi connectivity index (χ0) is 13.9. The van der Waals surface area contributed by atoms with Gasteiger partial charge in [-0.05, 0) is 50.5 Å². The number of aliphatic hydroxyl groups is 1. The Labute approximate surface area is 117 Å². The first-order valence-electron chi connectivity index (χ1n) is 7.92. The maximum Gasteiger partial charge on any atom is 0.0882 e. The second kappa shape index (κ2) is 5.81. The molecule has 2 N–H and O–H groups in total. The molecule has 1 saturated carbocycles. The lowest BCUT2D eigenvalue weighted by molar-refractivity contribution is -0.130. The lowest BCUT2D eigenvalue weighted by Gasteiger charge is -2.51. The Morgan fingerprint density at radius 1 is 1.32 bits per heavy atom. The first-order valence-corrected chi connectivity index (χ1v) is 7.92. The van der Waals surface area contributed by atoms with E-state index in [0.717, 1.165) is 51.1 Å². The molecule has 3 nitrogen and oxygen atoms in total. The van der Waals surface area contributed by atoms with E-state index < -0.39 is 11.0 Å². The number of rotatable bonds is 3. The van der Waals surface area contributed by atoms with Crippen molar-refractivity contribution in [1.82, 2.24) is 5.32 Å². The molecular weight excluding hydrogens is 236 g/mol. The molecule has 19 heavy (non-hydrogen) atoms. The van der Waals surface area contributed by atoms with E-state index in [9.17, 15) is 10.4 Å². The van der Waals surface area contributed by atoms with Crippen molar-refractivity contribution in [3.8, 4) is 6.07 Å². The van der Waals surface area contributed by atoms with Gasteiger partial charge in [-0.15, -0.1) is 0 Å². The third kappa shape index (κ3) is 2.53. The van der Waals surface area contributed by atoms with Gasteiger partial charge in [0.2, 0.25) is 0 Å². The Morgan fingerprint density at radius 2 is 2.00 bits per heavy atom. The van der Waals surface area contributed by atoms with Crippen LogP contribution in [0.3, 0.4) is 0 Å². The standard InChI is InChI=1S/C16H28N2O/c1-3-4-14-5-7-15(12-17,8-6-14)16(19)9-10-18-11-13(16)2/h13-14,18-19H,3-11H2,1-2H3. The summed E-state index contributed by atoms with van der Waals surface area (Å²) in [7, 11) is 0. The molecule has 1 saturated heterocycles. The number of hydrogen-bond donors (Lipinski definition) is 2. The summed E-state index contributed by atoms with van der Waals surface area (Å²) in [4.78, 5) is 0. The van der Waals surface area contributed by atoms with Crippen LogP contribution >= 0.6 is 0 Å². The predicted molar refractivity (Wildman–Crippen MR) is 76.5 cm³/mol. The molecule has 0 aromatic rings. The molecule has 2 atom stereocenters. The maximum absolute atomic E-state index is 11.2. The number of nitrogens with one attached hydrogen (secondary N) is 1. The van der Waals surface area contributed by atoms with Gasteiger partial charge in [0, 0.05) is 6.54 Å². The lowest BCUT2D eigenvalue weighted by Crippen LogP contribution is -2.59. The van der Waals surface area contributed by atoms with E-state index in [-0.39, 0.29) is 5.92 Å². The van der Waals surface area contributed by atoms with Crippen molar-refractivity contribution in [3.05, 3.63) is 0 Å². The van der Waals surface area contributed by atoms with Crippen LogP contribution in [-0.4, -0.2) is 23.8 Å². The topological polar surface area (TPSA) is 56.0 Å². The van der Waals surface area contributed by atoms with Gasteiger partial charge in [0.05, 0.1) is 17.1 Å². The van der Waals surface area contributed by atoms with Gasteiger partial charge >= 0.3 is 0 Å². The molecule has 0 bridgehead atoms. The van der Waals surface area contributed by atoms with Gasteiger partial charge in [-0.25, -0.2) is 0 Å². The van der Waals surface area contributed by atoms with Crippen LogP contribution in [-0.2, 0) is 0 Å². The highest BCUT2D eigenvalue weighted by Gasteiger charge is 2.55. The minimum atomic E-state index is -0.788. The minimum absolute atomic E-state index is 0.170. The third-order valence-corrected chi connectivity index (χ3v) is 5.65. The molecule has 108 valence electrons. The lowest BCUT2D eigenvalue weighted by atomic mass is 9.56. The second-order valence-electron chi connectivity index (χ2n) is 6.71. The molecule has 0 aromatic carbocycles. The number of hydrogen-bond acceptors (Lipinski definition) is 3. The van der Waals surface area contributed by atoms with Crippen molar-refractivity contribution in [3.63, 3.8) is 0 Å². The zero-order valence-corrected chi connectivity index (χ0v) is 12.4. The summed E-state index contributed by atoms with van der Waals surface area (Å²) in [6.45, 7) is 5.99. The highest BCUT2D eigenvalue weighted by atomic mass is 16.3. The molecule has 2 aliphatic rings. The summed E-state index contributed by atoms with van der Waals surface area (Å²) < 4.78 is 0. The van der Waals surface area contributed by atoms with Crippen LogP contribution in [0, 0.1) is 28.6 Å². The molecule has 1 heterocycles. The van der Waals surface area contributed by atoms with E-state index in [1.54, 1.807) is 0 Å². The summed E-state index contributed by atoms with van der Waals surface area (Å²) in [5, 5.41) is 24.3. The fourth-order valence-electron chi connectivity index (χ4n) is 4.23. The van der Waals surface area contributed by atoms with E-state index >= 15 is 0 Å². The average molecular weight is 264 g/mol. The van der Waals surface area contributed by atoms with Crippen LogP contribution in [0.25, 0.3) is 0 Å². The number of piperidine rings is 1. The maximum atomic E-state index is 11.2. The molecule has 2 rings (SSSR count). The van der Waals surface area contributed by atoms with Crippen molar-refractivity contribution in [2.45, 2.75) is 64.4 Å². The molecule has 1 aliphatic carbocycles. The molecular formula is C16H28N2O. The van der Waals surface area contributed by atoms with E-state index in [4.69, 9.17) is 0 Å². The van der Waals surface area contributed by atoms with E-state index in [1.807, 2.05) is 0 Å². The first kappa shape index (κ1) is 14.8. The smallest absolute Gasteiger partial charge is 0.0882 e. The molecule has 0 amide bonds. The molecule has 0 radical (unpaired) electrons. The van der Waals surface area contributed by atoms with E-state index in [1.165, 1.54) is 12.8 Å². The summed E-state index contributed by atoms with van der Waals surface area (Å²) in [5.41, 5.74) is -1.29. The van der Waals surface area contributed by atoms with E-state index in [2.05, 4.69) is 25.2 Å². The minimum Gasteiger partial charge on any atom is -0.388 e. The highest BCUT2D eigenvalue weighted by molar-refractivity contribution is 5.15. The molecule has 0 aromatic heterocycles. The van der Waals surface area contributed by atoms with Crippen molar-refractivity contribution in [1.29, 1.82) is 5.26 Å².